The van der Waals surface area contributed by atoms with Gasteiger partial charge < -0.3 is 14.9 Å². The van der Waals surface area contributed by atoms with Crippen LogP contribution >= 0.6 is 0 Å². The van der Waals surface area contributed by atoms with Gasteiger partial charge in [0.2, 0.25) is 0 Å². The number of phenols is 2. The van der Waals surface area contributed by atoms with Gasteiger partial charge >= 0.3 is 0 Å². The van der Waals surface area contributed by atoms with Crippen LogP contribution in [0.25, 0.3) is 11.1 Å². The molecule has 3 rings (SSSR count). The molecule has 2 N–H and O–H groups in total. The van der Waals surface area contributed by atoms with Gasteiger partial charge in [-0.25, -0.2) is 0 Å². The number of benzene rings is 2. The van der Waals surface area contributed by atoms with Gasteiger partial charge in [-0.2, -0.15) is 0 Å². The van der Waals surface area contributed by atoms with E-state index in [1.54, 1.807) is 31.4 Å². The van der Waals surface area contributed by atoms with Crippen LogP contribution < -0.4 is 4.74 Å². The lowest BCUT2D eigenvalue weighted by Gasteiger charge is -2.22. The molecule has 0 heterocycles. The summed E-state index contributed by atoms with van der Waals surface area (Å²) in [6.45, 7) is 0. The standard InChI is InChI=1S/C15H14O3/c1-18-14-8-12(17)7-10-3-2-9-6-11(16)4-5-13(9)15(10)14/h4-8,16-17H,2-3H2,1H3. The van der Waals surface area contributed by atoms with Gasteiger partial charge in [-0.1, -0.05) is 6.07 Å². The Morgan fingerprint density at radius 2 is 1.67 bits per heavy atom. The van der Waals surface area contributed by atoms with Crippen molar-refractivity contribution in [3.63, 3.8) is 0 Å². The van der Waals surface area contributed by atoms with Crippen molar-refractivity contribution in [3.8, 4) is 28.4 Å². The molecule has 1 aliphatic carbocycles. The molecule has 0 saturated heterocycles. The van der Waals surface area contributed by atoms with Crippen molar-refractivity contribution in [3.05, 3.63) is 41.5 Å². The van der Waals surface area contributed by atoms with Crippen LogP contribution in [0, 0.1) is 0 Å². The molecule has 0 spiro atoms. The number of phenolic OH excluding ortho intramolecular Hbond substituents is 2. The number of aromatic hydroxyl groups is 2. The molecule has 0 atom stereocenters. The molecule has 2 aromatic rings. The fraction of sp³-hybridized carbons (Fsp3) is 0.200. The zero-order valence-corrected chi connectivity index (χ0v) is 10.1. The zero-order valence-electron chi connectivity index (χ0n) is 10.1. The first kappa shape index (κ1) is 11.0. The van der Waals surface area contributed by atoms with E-state index in [9.17, 15) is 10.2 Å². The van der Waals surface area contributed by atoms with E-state index in [1.165, 1.54) is 0 Å². The van der Waals surface area contributed by atoms with Crippen molar-refractivity contribution in [2.75, 3.05) is 7.11 Å². The van der Waals surface area contributed by atoms with Gasteiger partial charge in [-0.05, 0) is 47.7 Å². The third-order valence-electron chi connectivity index (χ3n) is 3.41. The molecule has 0 amide bonds. The van der Waals surface area contributed by atoms with Crippen molar-refractivity contribution >= 4 is 0 Å². The molecule has 2 aromatic carbocycles. The summed E-state index contributed by atoms with van der Waals surface area (Å²) < 4.78 is 5.36. The number of methoxy groups -OCH3 is 1. The fourth-order valence-electron chi connectivity index (χ4n) is 2.62. The van der Waals surface area contributed by atoms with Crippen molar-refractivity contribution < 1.29 is 14.9 Å². The predicted octanol–water partition coefficient (Wildman–Crippen LogP) is 2.87. The monoisotopic (exact) mass is 242 g/mol. The van der Waals surface area contributed by atoms with Gasteiger partial charge in [0.1, 0.15) is 17.2 Å². The highest BCUT2D eigenvalue weighted by atomic mass is 16.5. The SMILES string of the molecule is COc1cc(O)cc2c1-c1ccc(O)cc1CC2. The van der Waals surface area contributed by atoms with Crippen LogP contribution in [0.15, 0.2) is 30.3 Å². The molecule has 0 aromatic heterocycles. The summed E-state index contributed by atoms with van der Waals surface area (Å²) in [5.41, 5.74) is 4.30. The number of hydrogen-bond donors (Lipinski definition) is 2. The molecule has 0 bridgehead atoms. The van der Waals surface area contributed by atoms with E-state index in [2.05, 4.69) is 0 Å². The van der Waals surface area contributed by atoms with Crippen molar-refractivity contribution in [2.45, 2.75) is 12.8 Å². The minimum atomic E-state index is 0.229. The van der Waals surface area contributed by atoms with Gasteiger partial charge in [0, 0.05) is 11.6 Å². The molecular formula is C15H14O3. The van der Waals surface area contributed by atoms with E-state index in [1.807, 2.05) is 6.07 Å². The number of aryl methyl sites for hydroxylation is 2. The second-order valence-corrected chi connectivity index (χ2v) is 4.52. The second kappa shape index (κ2) is 3.95. The summed E-state index contributed by atoms with van der Waals surface area (Å²) in [6.07, 6.45) is 1.71. The summed E-state index contributed by atoms with van der Waals surface area (Å²) >= 11 is 0. The summed E-state index contributed by atoms with van der Waals surface area (Å²) in [4.78, 5) is 0. The summed E-state index contributed by atoms with van der Waals surface area (Å²) in [6, 6.07) is 8.79. The molecule has 3 heteroatoms. The number of hydrogen-bond acceptors (Lipinski definition) is 3. The summed E-state index contributed by atoms with van der Waals surface area (Å²) in [7, 11) is 1.60. The molecule has 92 valence electrons. The minimum Gasteiger partial charge on any atom is -0.508 e. The van der Waals surface area contributed by atoms with Crippen LogP contribution in [-0.4, -0.2) is 17.3 Å². The van der Waals surface area contributed by atoms with Gasteiger partial charge in [-0.3, -0.25) is 0 Å². The van der Waals surface area contributed by atoms with Crippen LogP contribution in [0.2, 0.25) is 0 Å². The Kier molecular flexibility index (Phi) is 2.40. The number of ether oxygens (including phenoxy) is 1. The van der Waals surface area contributed by atoms with E-state index < -0.39 is 0 Å². The Labute approximate surface area is 105 Å². The van der Waals surface area contributed by atoms with Gasteiger partial charge in [0.15, 0.2) is 0 Å². The molecular weight excluding hydrogens is 228 g/mol. The lowest BCUT2D eigenvalue weighted by atomic mass is 9.85. The van der Waals surface area contributed by atoms with Crippen molar-refractivity contribution in [1.29, 1.82) is 0 Å². The summed E-state index contributed by atoms with van der Waals surface area (Å²) in [5, 5.41) is 19.2. The zero-order chi connectivity index (χ0) is 12.7. The molecule has 3 nitrogen and oxygen atoms in total. The molecule has 0 fully saturated rings. The van der Waals surface area contributed by atoms with Crippen molar-refractivity contribution in [1.82, 2.24) is 0 Å². The van der Waals surface area contributed by atoms with E-state index in [4.69, 9.17) is 4.74 Å². The molecule has 18 heavy (non-hydrogen) atoms. The quantitative estimate of drug-likeness (QED) is 0.808. The Morgan fingerprint density at radius 1 is 0.944 bits per heavy atom. The first-order valence-electron chi connectivity index (χ1n) is 5.91. The highest BCUT2D eigenvalue weighted by molar-refractivity contribution is 5.80. The van der Waals surface area contributed by atoms with Crippen LogP contribution in [0.5, 0.6) is 17.2 Å². The molecule has 0 aliphatic heterocycles. The Balaban J connectivity index is 2.28. The third-order valence-corrected chi connectivity index (χ3v) is 3.41. The van der Waals surface area contributed by atoms with Crippen LogP contribution in [-0.2, 0) is 12.8 Å². The maximum absolute atomic E-state index is 9.67. The van der Waals surface area contributed by atoms with Gasteiger partial charge in [0.05, 0.1) is 7.11 Å². The molecule has 0 unspecified atom stereocenters. The first-order valence-corrected chi connectivity index (χ1v) is 5.91. The van der Waals surface area contributed by atoms with Crippen molar-refractivity contribution in [2.24, 2.45) is 0 Å². The average Bonchev–Trinajstić information content (AvgIpc) is 2.37. The second-order valence-electron chi connectivity index (χ2n) is 4.52. The van der Waals surface area contributed by atoms with E-state index >= 15 is 0 Å². The Morgan fingerprint density at radius 3 is 2.44 bits per heavy atom. The van der Waals surface area contributed by atoms with Gasteiger partial charge in [0.25, 0.3) is 0 Å². The normalized spacial score (nSPS) is 12.7. The Bertz CT molecular complexity index is 600. The molecule has 0 radical (unpaired) electrons. The maximum Gasteiger partial charge on any atom is 0.130 e. The van der Waals surface area contributed by atoms with Crippen LogP contribution in [0.1, 0.15) is 11.1 Å². The van der Waals surface area contributed by atoms with Crippen LogP contribution in [0.4, 0.5) is 0 Å². The summed E-state index contributed by atoms with van der Waals surface area (Å²) in [5.74, 6) is 1.19. The molecule has 1 aliphatic rings. The third kappa shape index (κ3) is 1.59. The average molecular weight is 242 g/mol. The van der Waals surface area contributed by atoms with Gasteiger partial charge in [-0.15, -0.1) is 0 Å². The molecule has 0 saturated carbocycles. The topological polar surface area (TPSA) is 49.7 Å². The first-order chi connectivity index (χ1) is 8.69. The highest BCUT2D eigenvalue weighted by Gasteiger charge is 2.21. The maximum atomic E-state index is 9.67. The van der Waals surface area contributed by atoms with E-state index in [-0.39, 0.29) is 11.5 Å². The number of fused-ring (bicyclic) bond motifs is 3. The highest BCUT2D eigenvalue weighted by Crippen LogP contribution is 2.42. The smallest absolute Gasteiger partial charge is 0.130 e. The predicted molar refractivity (Wildman–Crippen MR) is 69.2 cm³/mol. The largest absolute Gasteiger partial charge is 0.508 e. The minimum absolute atomic E-state index is 0.229. The lowest BCUT2D eigenvalue weighted by molar-refractivity contribution is 0.408. The number of rotatable bonds is 1. The fourth-order valence-corrected chi connectivity index (χ4v) is 2.62. The van der Waals surface area contributed by atoms with Crippen LogP contribution in [0.3, 0.4) is 0 Å². The van der Waals surface area contributed by atoms with E-state index in [0.717, 1.165) is 35.1 Å². The lowest BCUT2D eigenvalue weighted by Crippen LogP contribution is -2.05. The Hall–Kier alpha value is -2.16. The van der Waals surface area contributed by atoms with E-state index in [0.29, 0.717) is 5.75 Å².